The van der Waals surface area contributed by atoms with Crippen molar-refractivity contribution in [3.8, 4) is 5.75 Å². The van der Waals surface area contributed by atoms with Crippen molar-refractivity contribution in [2.24, 2.45) is 0 Å². The van der Waals surface area contributed by atoms with E-state index in [2.05, 4.69) is 5.32 Å². The number of fused-ring (bicyclic) bond motifs is 1. The maximum atomic E-state index is 12.8. The van der Waals surface area contributed by atoms with Crippen LogP contribution >= 0.6 is 0 Å². The lowest BCUT2D eigenvalue weighted by Gasteiger charge is -2.34. The maximum absolute atomic E-state index is 12.8. The number of hydrogen-bond acceptors (Lipinski definition) is 4. The van der Waals surface area contributed by atoms with E-state index in [1.54, 1.807) is 24.3 Å². The minimum absolute atomic E-state index is 0.148. The zero-order valence-electron chi connectivity index (χ0n) is 15.4. The van der Waals surface area contributed by atoms with Gasteiger partial charge in [-0.3, -0.25) is 9.10 Å². The standard InChI is InChI=1S/C19H19F3N2O4S/c1-2-29(26,27)24-12-17(28-16-9-4-3-8-15(16)24)18(25)23-11-13-6-5-7-14(10-13)19(20,21)22/h3-10,17H,2,11-12H2,1H3,(H,23,25). The number of amides is 1. The van der Waals surface area contributed by atoms with Gasteiger partial charge in [0.15, 0.2) is 6.10 Å². The summed E-state index contributed by atoms with van der Waals surface area (Å²) in [5.41, 5.74) is -0.203. The molecular weight excluding hydrogens is 409 g/mol. The Morgan fingerprint density at radius 1 is 1.21 bits per heavy atom. The molecule has 6 nitrogen and oxygen atoms in total. The fourth-order valence-corrected chi connectivity index (χ4v) is 4.04. The lowest BCUT2D eigenvalue weighted by Crippen LogP contribution is -2.50. The molecule has 0 bridgehead atoms. The molecular formula is C19H19F3N2O4S. The summed E-state index contributed by atoms with van der Waals surface area (Å²) in [7, 11) is -3.64. The topological polar surface area (TPSA) is 75.7 Å². The van der Waals surface area contributed by atoms with Crippen molar-refractivity contribution in [3.05, 3.63) is 59.7 Å². The number of carbonyl (C=O) groups is 1. The quantitative estimate of drug-likeness (QED) is 0.795. The van der Waals surface area contributed by atoms with Gasteiger partial charge in [-0.2, -0.15) is 13.2 Å². The lowest BCUT2D eigenvalue weighted by molar-refractivity contribution is -0.137. The molecule has 3 rings (SSSR count). The highest BCUT2D eigenvalue weighted by atomic mass is 32.2. The molecule has 0 aliphatic carbocycles. The number of nitrogens with zero attached hydrogens (tertiary/aromatic N) is 1. The predicted molar refractivity (Wildman–Crippen MR) is 101 cm³/mol. The molecule has 2 aromatic carbocycles. The number of nitrogens with one attached hydrogen (secondary N) is 1. The van der Waals surface area contributed by atoms with Crippen LogP contribution in [0.1, 0.15) is 18.1 Å². The van der Waals surface area contributed by atoms with Gasteiger partial charge in [0, 0.05) is 6.54 Å². The van der Waals surface area contributed by atoms with Gasteiger partial charge in [0.25, 0.3) is 5.91 Å². The summed E-state index contributed by atoms with van der Waals surface area (Å²) in [5, 5.41) is 2.52. The number of halogens is 3. The van der Waals surface area contributed by atoms with Gasteiger partial charge in [0.1, 0.15) is 5.75 Å². The van der Waals surface area contributed by atoms with E-state index in [0.29, 0.717) is 5.69 Å². The molecule has 156 valence electrons. The highest BCUT2D eigenvalue weighted by Gasteiger charge is 2.36. The first-order valence-corrected chi connectivity index (χ1v) is 10.4. The number of hydrogen-bond donors (Lipinski definition) is 1. The first kappa shape index (κ1) is 21.0. The molecule has 2 aromatic rings. The average molecular weight is 428 g/mol. The zero-order valence-corrected chi connectivity index (χ0v) is 16.3. The molecule has 0 saturated carbocycles. The van der Waals surface area contributed by atoms with E-state index in [-0.39, 0.29) is 30.2 Å². The van der Waals surface area contributed by atoms with E-state index >= 15 is 0 Å². The zero-order chi connectivity index (χ0) is 21.2. The van der Waals surface area contributed by atoms with Crippen LogP contribution in [0, 0.1) is 0 Å². The molecule has 0 aromatic heterocycles. The molecule has 0 radical (unpaired) electrons. The first-order chi connectivity index (χ1) is 13.6. The van der Waals surface area contributed by atoms with Crippen molar-refractivity contribution in [1.82, 2.24) is 5.32 Å². The van der Waals surface area contributed by atoms with Crippen LogP contribution in [0.2, 0.25) is 0 Å². The number of para-hydroxylation sites is 2. The van der Waals surface area contributed by atoms with Crippen molar-refractivity contribution in [2.75, 3.05) is 16.6 Å². The second kappa shape index (κ2) is 7.94. The molecule has 0 saturated heterocycles. The average Bonchev–Trinajstić information content (AvgIpc) is 2.70. The smallest absolute Gasteiger partial charge is 0.416 e. The van der Waals surface area contributed by atoms with Gasteiger partial charge in [-0.15, -0.1) is 0 Å². The van der Waals surface area contributed by atoms with Gasteiger partial charge in [0.05, 0.1) is 23.5 Å². The van der Waals surface area contributed by atoms with Gasteiger partial charge in [-0.1, -0.05) is 24.3 Å². The molecule has 1 atom stereocenters. The summed E-state index contributed by atoms with van der Waals surface area (Å²) < 4.78 is 70.1. The second-order valence-electron chi connectivity index (χ2n) is 6.42. The molecule has 1 aliphatic heterocycles. The van der Waals surface area contributed by atoms with Crippen molar-refractivity contribution in [3.63, 3.8) is 0 Å². The van der Waals surface area contributed by atoms with Crippen LogP contribution in [0.25, 0.3) is 0 Å². The van der Waals surface area contributed by atoms with E-state index in [0.717, 1.165) is 16.4 Å². The Hall–Kier alpha value is -2.75. The summed E-state index contributed by atoms with van der Waals surface area (Å²) in [5.74, 6) is -0.525. The van der Waals surface area contributed by atoms with E-state index in [4.69, 9.17) is 4.74 Å². The Morgan fingerprint density at radius 3 is 2.62 bits per heavy atom. The van der Waals surface area contributed by atoms with Gasteiger partial charge in [-0.05, 0) is 36.8 Å². The summed E-state index contributed by atoms with van der Waals surface area (Å²) >= 11 is 0. The third kappa shape index (κ3) is 4.64. The summed E-state index contributed by atoms with van der Waals surface area (Å²) in [6, 6.07) is 11.1. The predicted octanol–water partition coefficient (Wildman–Crippen LogP) is 2.94. The third-order valence-electron chi connectivity index (χ3n) is 4.45. The number of carbonyl (C=O) groups excluding carboxylic acids is 1. The van der Waals surface area contributed by atoms with Crippen LogP contribution in [-0.4, -0.2) is 32.7 Å². The van der Waals surface area contributed by atoms with Crippen LogP contribution in [0.5, 0.6) is 5.75 Å². The van der Waals surface area contributed by atoms with Crippen molar-refractivity contribution in [1.29, 1.82) is 0 Å². The fraction of sp³-hybridized carbons (Fsp3) is 0.316. The fourth-order valence-electron chi connectivity index (χ4n) is 2.92. The second-order valence-corrected chi connectivity index (χ2v) is 8.60. The van der Waals surface area contributed by atoms with Gasteiger partial charge in [0.2, 0.25) is 10.0 Å². The number of alkyl halides is 3. The van der Waals surface area contributed by atoms with Gasteiger partial charge in [-0.25, -0.2) is 8.42 Å². The molecule has 1 N–H and O–H groups in total. The summed E-state index contributed by atoms with van der Waals surface area (Å²) in [6.45, 7) is 1.13. The molecule has 0 spiro atoms. The molecule has 0 fully saturated rings. The Bertz CT molecular complexity index is 1010. The Labute approximate surface area is 166 Å². The molecule has 1 amide bonds. The summed E-state index contributed by atoms with van der Waals surface area (Å²) in [4.78, 5) is 12.5. The largest absolute Gasteiger partial charge is 0.476 e. The minimum Gasteiger partial charge on any atom is -0.476 e. The number of sulfonamides is 1. The highest BCUT2D eigenvalue weighted by Crippen LogP contribution is 2.35. The molecule has 1 aliphatic rings. The Balaban J connectivity index is 1.75. The molecule has 29 heavy (non-hydrogen) atoms. The monoisotopic (exact) mass is 428 g/mol. The van der Waals surface area contributed by atoms with E-state index < -0.39 is 33.8 Å². The SMILES string of the molecule is CCS(=O)(=O)N1CC(C(=O)NCc2cccc(C(F)(F)F)c2)Oc2ccccc21. The third-order valence-corrected chi connectivity index (χ3v) is 6.20. The molecule has 1 heterocycles. The minimum atomic E-state index is -4.48. The van der Waals surface area contributed by atoms with E-state index in [1.165, 1.54) is 19.1 Å². The number of benzene rings is 2. The van der Waals surface area contributed by atoms with Gasteiger partial charge >= 0.3 is 6.18 Å². The van der Waals surface area contributed by atoms with Crippen LogP contribution in [0.4, 0.5) is 18.9 Å². The van der Waals surface area contributed by atoms with Crippen molar-refractivity contribution in [2.45, 2.75) is 25.7 Å². The molecule has 10 heteroatoms. The van der Waals surface area contributed by atoms with Crippen LogP contribution in [0.15, 0.2) is 48.5 Å². The lowest BCUT2D eigenvalue weighted by atomic mass is 10.1. The number of anilines is 1. The summed E-state index contributed by atoms with van der Waals surface area (Å²) in [6.07, 6.45) is -5.61. The van der Waals surface area contributed by atoms with Gasteiger partial charge < -0.3 is 10.1 Å². The number of ether oxygens (including phenoxy) is 1. The Kier molecular flexibility index (Phi) is 5.74. The van der Waals surface area contributed by atoms with E-state index in [9.17, 15) is 26.4 Å². The highest BCUT2D eigenvalue weighted by molar-refractivity contribution is 7.92. The van der Waals surface area contributed by atoms with Crippen LogP contribution in [-0.2, 0) is 27.5 Å². The number of rotatable bonds is 5. The van der Waals surface area contributed by atoms with Crippen LogP contribution < -0.4 is 14.4 Å². The van der Waals surface area contributed by atoms with E-state index in [1.807, 2.05) is 0 Å². The van der Waals surface area contributed by atoms with Crippen LogP contribution in [0.3, 0.4) is 0 Å². The van der Waals surface area contributed by atoms with Crippen molar-refractivity contribution >= 4 is 21.6 Å². The Morgan fingerprint density at radius 2 is 1.93 bits per heavy atom. The normalized spacial score (nSPS) is 16.7. The first-order valence-electron chi connectivity index (χ1n) is 8.82. The maximum Gasteiger partial charge on any atom is 0.416 e. The van der Waals surface area contributed by atoms with Crippen molar-refractivity contribution < 1.29 is 31.1 Å². The molecule has 1 unspecified atom stereocenters.